The van der Waals surface area contributed by atoms with Crippen molar-refractivity contribution in [3.63, 3.8) is 0 Å². The number of ether oxygens (including phenoxy) is 1. The van der Waals surface area contributed by atoms with Crippen LogP contribution >= 0.6 is 34.7 Å². The Morgan fingerprint density at radius 2 is 1.79 bits per heavy atom. The minimum absolute atomic E-state index is 0.549. The Morgan fingerprint density at radius 1 is 1.04 bits per heavy atom. The molecule has 0 saturated heterocycles. The molecule has 0 atom stereocenters. The van der Waals surface area contributed by atoms with Crippen LogP contribution in [-0.2, 0) is 13.0 Å². The molecular weight excluding hydrogens is 365 g/mol. The number of methoxy groups -OCH3 is 1. The average molecular weight is 380 g/mol. The van der Waals surface area contributed by atoms with Crippen molar-refractivity contribution in [1.29, 1.82) is 0 Å². The van der Waals surface area contributed by atoms with Crippen LogP contribution in [0.4, 0.5) is 5.13 Å². The van der Waals surface area contributed by atoms with Gasteiger partial charge in [0.15, 0.2) is 0 Å². The largest absolute Gasteiger partial charge is 0.497 e. The van der Waals surface area contributed by atoms with Gasteiger partial charge in [-0.1, -0.05) is 41.4 Å². The number of hydrogen-bond acceptors (Lipinski definition) is 5. The molecule has 1 aromatic heterocycles. The molecule has 0 aliphatic carbocycles. The maximum atomic E-state index is 6.02. The SMILES string of the molecule is COc1ccc(Cc2nsc(NCc3ccc(Cl)c(Cl)c3)n2)cc1. The molecule has 0 unspecified atom stereocenters. The first kappa shape index (κ1) is 17.0. The summed E-state index contributed by atoms with van der Waals surface area (Å²) in [7, 11) is 1.66. The van der Waals surface area contributed by atoms with E-state index < -0.39 is 0 Å². The summed E-state index contributed by atoms with van der Waals surface area (Å²) in [6.45, 7) is 0.619. The molecule has 0 radical (unpaired) electrons. The highest BCUT2D eigenvalue weighted by atomic mass is 35.5. The lowest BCUT2D eigenvalue weighted by molar-refractivity contribution is 0.414. The predicted octanol–water partition coefficient (Wildman–Crippen LogP) is 5.06. The summed E-state index contributed by atoms with van der Waals surface area (Å²) in [6, 6.07) is 13.5. The summed E-state index contributed by atoms with van der Waals surface area (Å²) in [4.78, 5) is 4.51. The predicted molar refractivity (Wildman–Crippen MR) is 99.5 cm³/mol. The van der Waals surface area contributed by atoms with Crippen molar-refractivity contribution in [2.75, 3.05) is 12.4 Å². The fourth-order valence-corrected chi connectivity index (χ4v) is 3.05. The van der Waals surface area contributed by atoms with Gasteiger partial charge in [-0.25, -0.2) is 4.98 Å². The minimum Gasteiger partial charge on any atom is -0.497 e. The lowest BCUT2D eigenvalue weighted by Crippen LogP contribution is -1.99. The molecular formula is C17H15Cl2N3OS. The van der Waals surface area contributed by atoms with Crippen LogP contribution in [0.25, 0.3) is 0 Å². The molecule has 4 nitrogen and oxygen atoms in total. The van der Waals surface area contributed by atoms with Crippen molar-refractivity contribution < 1.29 is 4.74 Å². The van der Waals surface area contributed by atoms with E-state index in [1.165, 1.54) is 11.5 Å². The van der Waals surface area contributed by atoms with Crippen LogP contribution in [0.15, 0.2) is 42.5 Å². The van der Waals surface area contributed by atoms with Crippen LogP contribution in [0.3, 0.4) is 0 Å². The minimum atomic E-state index is 0.549. The van der Waals surface area contributed by atoms with E-state index >= 15 is 0 Å². The van der Waals surface area contributed by atoms with Crippen molar-refractivity contribution in [2.45, 2.75) is 13.0 Å². The zero-order valence-corrected chi connectivity index (χ0v) is 15.3. The van der Waals surface area contributed by atoms with Crippen molar-refractivity contribution in [3.05, 3.63) is 69.5 Å². The Balaban J connectivity index is 1.59. The Morgan fingerprint density at radius 3 is 2.50 bits per heavy atom. The summed E-state index contributed by atoms with van der Waals surface area (Å²) in [5, 5.41) is 5.14. The molecule has 2 aromatic carbocycles. The molecule has 1 heterocycles. The Kier molecular flexibility index (Phi) is 5.56. The zero-order valence-electron chi connectivity index (χ0n) is 12.9. The number of halogens is 2. The molecule has 3 aromatic rings. The van der Waals surface area contributed by atoms with Gasteiger partial charge in [0.25, 0.3) is 0 Å². The first-order valence-electron chi connectivity index (χ1n) is 7.27. The summed E-state index contributed by atoms with van der Waals surface area (Å²) < 4.78 is 9.54. The van der Waals surface area contributed by atoms with Crippen molar-refractivity contribution in [1.82, 2.24) is 9.36 Å². The van der Waals surface area contributed by atoms with E-state index in [1.807, 2.05) is 36.4 Å². The van der Waals surface area contributed by atoms with Crippen LogP contribution in [0.1, 0.15) is 17.0 Å². The van der Waals surface area contributed by atoms with Gasteiger partial charge in [-0.05, 0) is 35.4 Å². The lowest BCUT2D eigenvalue weighted by Gasteiger charge is -2.04. The molecule has 1 N–H and O–H groups in total. The third-order valence-electron chi connectivity index (χ3n) is 3.42. The second kappa shape index (κ2) is 7.83. The first-order valence-corrected chi connectivity index (χ1v) is 8.80. The second-order valence-electron chi connectivity index (χ2n) is 5.14. The Labute approximate surface area is 154 Å². The highest BCUT2D eigenvalue weighted by Gasteiger charge is 2.06. The van der Waals surface area contributed by atoms with E-state index in [2.05, 4.69) is 14.7 Å². The van der Waals surface area contributed by atoms with E-state index in [1.54, 1.807) is 13.2 Å². The van der Waals surface area contributed by atoms with Gasteiger partial charge in [0.1, 0.15) is 11.6 Å². The number of nitrogens with zero attached hydrogens (tertiary/aromatic N) is 2. The highest BCUT2D eigenvalue weighted by Crippen LogP contribution is 2.23. The number of benzene rings is 2. The summed E-state index contributed by atoms with van der Waals surface area (Å²) in [6.07, 6.45) is 0.689. The second-order valence-corrected chi connectivity index (χ2v) is 6.71. The van der Waals surface area contributed by atoms with Crippen LogP contribution in [0, 0.1) is 0 Å². The Hall–Kier alpha value is -1.82. The van der Waals surface area contributed by atoms with Gasteiger partial charge in [0, 0.05) is 24.5 Å². The van der Waals surface area contributed by atoms with Gasteiger partial charge >= 0.3 is 0 Å². The Bertz CT molecular complexity index is 821. The lowest BCUT2D eigenvalue weighted by atomic mass is 10.1. The maximum absolute atomic E-state index is 6.02. The summed E-state index contributed by atoms with van der Waals surface area (Å²) in [5.74, 6) is 1.63. The van der Waals surface area contributed by atoms with E-state index in [-0.39, 0.29) is 0 Å². The smallest absolute Gasteiger partial charge is 0.202 e. The number of hydrogen-bond donors (Lipinski definition) is 1. The maximum Gasteiger partial charge on any atom is 0.202 e. The van der Waals surface area contributed by atoms with E-state index in [4.69, 9.17) is 27.9 Å². The van der Waals surface area contributed by atoms with E-state index in [0.717, 1.165) is 27.8 Å². The quantitative estimate of drug-likeness (QED) is 0.650. The van der Waals surface area contributed by atoms with Crippen molar-refractivity contribution in [3.8, 4) is 5.75 Å². The van der Waals surface area contributed by atoms with Crippen LogP contribution in [-0.4, -0.2) is 16.5 Å². The van der Waals surface area contributed by atoms with Crippen molar-refractivity contribution >= 4 is 39.9 Å². The molecule has 0 aliphatic heterocycles. The summed E-state index contributed by atoms with van der Waals surface area (Å²) >= 11 is 13.3. The molecule has 0 amide bonds. The van der Waals surface area contributed by atoms with Gasteiger partial charge in [0.2, 0.25) is 5.13 Å². The molecule has 0 saturated carbocycles. The number of nitrogens with one attached hydrogen (secondary N) is 1. The van der Waals surface area contributed by atoms with Crippen LogP contribution in [0.5, 0.6) is 5.75 Å². The normalized spacial score (nSPS) is 10.6. The van der Waals surface area contributed by atoms with Crippen LogP contribution < -0.4 is 10.1 Å². The molecule has 3 rings (SSSR count). The standard InChI is InChI=1S/C17H15Cl2N3OS/c1-23-13-5-2-11(3-6-13)9-16-21-17(24-22-16)20-10-12-4-7-14(18)15(19)8-12/h2-8H,9-10H2,1H3,(H,20,21,22). The highest BCUT2D eigenvalue weighted by molar-refractivity contribution is 7.09. The molecule has 7 heteroatoms. The van der Waals surface area contributed by atoms with Gasteiger partial charge in [-0.2, -0.15) is 4.37 Å². The molecule has 0 bridgehead atoms. The monoisotopic (exact) mass is 379 g/mol. The van der Waals surface area contributed by atoms with Gasteiger partial charge < -0.3 is 10.1 Å². The molecule has 24 heavy (non-hydrogen) atoms. The van der Waals surface area contributed by atoms with Gasteiger partial charge in [-0.15, -0.1) is 0 Å². The van der Waals surface area contributed by atoms with Gasteiger partial charge in [0.05, 0.1) is 17.2 Å². The zero-order chi connectivity index (χ0) is 16.9. The topological polar surface area (TPSA) is 47.0 Å². The number of anilines is 1. The first-order chi connectivity index (χ1) is 11.6. The average Bonchev–Trinajstić information content (AvgIpc) is 3.04. The fourth-order valence-electron chi connectivity index (χ4n) is 2.15. The third-order valence-corrected chi connectivity index (χ3v) is 4.87. The number of rotatable bonds is 6. The summed E-state index contributed by atoms with van der Waals surface area (Å²) in [5.41, 5.74) is 2.18. The van der Waals surface area contributed by atoms with Gasteiger partial charge in [-0.3, -0.25) is 0 Å². The van der Waals surface area contributed by atoms with Crippen LogP contribution in [0.2, 0.25) is 10.0 Å². The third kappa shape index (κ3) is 4.38. The van der Waals surface area contributed by atoms with Crippen molar-refractivity contribution in [2.24, 2.45) is 0 Å². The number of aromatic nitrogens is 2. The molecule has 124 valence electrons. The molecule has 0 spiro atoms. The van der Waals surface area contributed by atoms with E-state index in [9.17, 15) is 0 Å². The molecule has 0 fully saturated rings. The molecule has 0 aliphatic rings. The fraction of sp³-hybridized carbons (Fsp3) is 0.176. The van der Waals surface area contributed by atoms with E-state index in [0.29, 0.717) is 23.0 Å².